The zero-order valence-electron chi connectivity index (χ0n) is 9.50. The summed E-state index contributed by atoms with van der Waals surface area (Å²) in [6.07, 6.45) is 3.82. The summed E-state index contributed by atoms with van der Waals surface area (Å²) in [7, 11) is 0. The third-order valence-electron chi connectivity index (χ3n) is 3.11. The van der Waals surface area contributed by atoms with Crippen molar-refractivity contribution in [2.24, 2.45) is 0 Å². The van der Waals surface area contributed by atoms with Crippen molar-refractivity contribution >= 4 is 5.84 Å². The molecule has 0 radical (unpaired) electrons. The first-order valence-corrected chi connectivity index (χ1v) is 5.73. The van der Waals surface area contributed by atoms with Gasteiger partial charge in [-0.25, -0.2) is 4.98 Å². The molecular formula is C13H14N4. The molecule has 0 spiro atoms. The van der Waals surface area contributed by atoms with Gasteiger partial charge in [-0.3, -0.25) is 5.41 Å². The summed E-state index contributed by atoms with van der Waals surface area (Å²) < 4.78 is 2.15. The first-order chi connectivity index (χ1) is 8.34. The van der Waals surface area contributed by atoms with E-state index in [4.69, 9.17) is 5.41 Å². The van der Waals surface area contributed by atoms with E-state index >= 15 is 0 Å². The molecule has 4 nitrogen and oxygen atoms in total. The molecule has 0 saturated heterocycles. The van der Waals surface area contributed by atoms with Crippen LogP contribution in [0.1, 0.15) is 11.4 Å². The average molecular weight is 226 g/mol. The Kier molecular flexibility index (Phi) is 2.40. The highest BCUT2D eigenvalue weighted by molar-refractivity contribution is 5.96. The molecule has 1 aliphatic heterocycles. The number of nitrogens with zero attached hydrogens (tertiary/aromatic N) is 3. The molecule has 2 heterocycles. The molecule has 0 aliphatic carbocycles. The molecule has 1 aromatic heterocycles. The Labute approximate surface area is 100 Å². The molecule has 4 heteroatoms. The van der Waals surface area contributed by atoms with Crippen LogP contribution < -0.4 is 0 Å². The lowest BCUT2D eigenvalue weighted by Crippen LogP contribution is -2.38. The maximum atomic E-state index is 8.21. The molecule has 0 unspecified atom stereocenters. The van der Waals surface area contributed by atoms with Gasteiger partial charge in [0.05, 0.1) is 6.54 Å². The highest BCUT2D eigenvalue weighted by Crippen LogP contribution is 2.13. The fourth-order valence-electron chi connectivity index (χ4n) is 2.14. The lowest BCUT2D eigenvalue weighted by atomic mass is 10.2. The Morgan fingerprint density at radius 3 is 2.82 bits per heavy atom. The number of benzene rings is 1. The molecule has 0 amide bonds. The van der Waals surface area contributed by atoms with Crippen LogP contribution in [0.15, 0.2) is 42.7 Å². The molecule has 0 bridgehead atoms. The van der Waals surface area contributed by atoms with Crippen LogP contribution in [0.2, 0.25) is 0 Å². The first kappa shape index (κ1) is 10.1. The summed E-state index contributed by atoms with van der Waals surface area (Å²) in [5, 5.41) is 8.21. The Morgan fingerprint density at radius 1 is 1.18 bits per heavy atom. The van der Waals surface area contributed by atoms with Crippen molar-refractivity contribution in [1.82, 2.24) is 14.5 Å². The highest BCUT2D eigenvalue weighted by Gasteiger charge is 2.19. The van der Waals surface area contributed by atoms with E-state index in [-0.39, 0.29) is 0 Å². The minimum absolute atomic E-state index is 0.583. The summed E-state index contributed by atoms with van der Waals surface area (Å²) in [5.74, 6) is 1.62. The SMILES string of the molecule is N=C(c1ccccc1)N1CCn2ccnc2C1. The number of rotatable bonds is 1. The fraction of sp³-hybridized carbons (Fsp3) is 0.231. The summed E-state index contributed by atoms with van der Waals surface area (Å²) >= 11 is 0. The van der Waals surface area contributed by atoms with Gasteiger partial charge in [0.25, 0.3) is 0 Å². The maximum Gasteiger partial charge on any atom is 0.128 e. The quantitative estimate of drug-likeness (QED) is 0.594. The van der Waals surface area contributed by atoms with Crippen LogP contribution in [-0.4, -0.2) is 26.8 Å². The van der Waals surface area contributed by atoms with E-state index < -0.39 is 0 Å². The third kappa shape index (κ3) is 1.82. The Bertz CT molecular complexity index is 529. The highest BCUT2D eigenvalue weighted by atomic mass is 15.3. The van der Waals surface area contributed by atoms with Crippen molar-refractivity contribution in [2.75, 3.05) is 6.54 Å². The second-order valence-electron chi connectivity index (χ2n) is 4.17. The molecule has 1 aliphatic rings. The molecule has 0 atom stereocenters. The van der Waals surface area contributed by atoms with E-state index in [1.807, 2.05) is 42.7 Å². The second kappa shape index (κ2) is 4.05. The number of hydrogen-bond acceptors (Lipinski definition) is 2. The standard InChI is InChI=1S/C13H14N4/c14-13(11-4-2-1-3-5-11)17-9-8-16-7-6-15-12(16)10-17/h1-7,14H,8-10H2. The topological polar surface area (TPSA) is 44.9 Å². The molecule has 2 aromatic rings. The third-order valence-corrected chi connectivity index (χ3v) is 3.11. The summed E-state index contributed by atoms with van der Waals surface area (Å²) in [5.41, 5.74) is 0.965. The number of nitrogens with one attached hydrogen (secondary N) is 1. The predicted molar refractivity (Wildman–Crippen MR) is 65.9 cm³/mol. The van der Waals surface area contributed by atoms with Crippen molar-refractivity contribution in [3.63, 3.8) is 0 Å². The predicted octanol–water partition coefficient (Wildman–Crippen LogP) is 1.72. The van der Waals surface area contributed by atoms with E-state index in [9.17, 15) is 0 Å². The lowest BCUT2D eigenvalue weighted by molar-refractivity contribution is 0.329. The molecule has 0 saturated carbocycles. The van der Waals surface area contributed by atoms with Crippen LogP contribution in [0.4, 0.5) is 0 Å². The molecule has 1 N–H and O–H groups in total. The summed E-state index contributed by atoms with van der Waals surface area (Å²) in [6.45, 7) is 2.50. The largest absolute Gasteiger partial charge is 0.347 e. The minimum atomic E-state index is 0.583. The van der Waals surface area contributed by atoms with Crippen LogP contribution >= 0.6 is 0 Å². The number of aromatic nitrogens is 2. The number of imidazole rings is 1. The molecule has 0 fully saturated rings. The number of amidine groups is 1. The van der Waals surface area contributed by atoms with E-state index in [1.165, 1.54) is 0 Å². The maximum absolute atomic E-state index is 8.21. The zero-order chi connectivity index (χ0) is 11.7. The average Bonchev–Trinajstić information content (AvgIpc) is 2.86. The molecular weight excluding hydrogens is 212 g/mol. The zero-order valence-corrected chi connectivity index (χ0v) is 9.50. The Morgan fingerprint density at radius 2 is 2.00 bits per heavy atom. The van der Waals surface area contributed by atoms with Crippen LogP contribution in [-0.2, 0) is 13.1 Å². The van der Waals surface area contributed by atoms with Gasteiger partial charge in [0.15, 0.2) is 0 Å². The summed E-state index contributed by atoms with van der Waals surface area (Å²) in [4.78, 5) is 6.37. The van der Waals surface area contributed by atoms with Gasteiger partial charge in [-0.05, 0) is 0 Å². The molecule has 3 rings (SSSR count). The van der Waals surface area contributed by atoms with Crippen LogP contribution in [0, 0.1) is 5.41 Å². The van der Waals surface area contributed by atoms with Crippen molar-refractivity contribution in [1.29, 1.82) is 5.41 Å². The van der Waals surface area contributed by atoms with E-state index in [0.29, 0.717) is 5.84 Å². The fourth-order valence-corrected chi connectivity index (χ4v) is 2.14. The number of fused-ring (bicyclic) bond motifs is 1. The molecule has 1 aromatic carbocycles. The molecule has 86 valence electrons. The number of hydrogen-bond donors (Lipinski definition) is 1. The van der Waals surface area contributed by atoms with Gasteiger partial charge >= 0.3 is 0 Å². The normalized spacial score (nSPS) is 14.5. The van der Waals surface area contributed by atoms with Gasteiger partial charge in [-0.2, -0.15) is 0 Å². The van der Waals surface area contributed by atoms with Crippen LogP contribution in [0.5, 0.6) is 0 Å². The van der Waals surface area contributed by atoms with Crippen molar-refractivity contribution < 1.29 is 0 Å². The monoisotopic (exact) mass is 226 g/mol. The van der Waals surface area contributed by atoms with Gasteiger partial charge in [0, 0.05) is 31.0 Å². The second-order valence-corrected chi connectivity index (χ2v) is 4.17. The van der Waals surface area contributed by atoms with Crippen molar-refractivity contribution in [2.45, 2.75) is 13.1 Å². The van der Waals surface area contributed by atoms with E-state index in [1.54, 1.807) is 0 Å². The van der Waals surface area contributed by atoms with Gasteiger partial charge in [-0.15, -0.1) is 0 Å². The lowest BCUT2D eigenvalue weighted by Gasteiger charge is -2.29. The smallest absolute Gasteiger partial charge is 0.128 e. The van der Waals surface area contributed by atoms with Crippen LogP contribution in [0.25, 0.3) is 0 Å². The first-order valence-electron chi connectivity index (χ1n) is 5.73. The van der Waals surface area contributed by atoms with E-state index in [2.05, 4.69) is 14.5 Å². The van der Waals surface area contributed by atoms with Gasteiger partial charge in [0.2, 0.25) is 0 Å². The minimum Gasteiger partial charge on any atom is -0.347 e. The molecule has 17 heavy (non-hydrogen) atoms. The Hall–Kier alpha value is -2.10. The van der Waals surface area contributed by atoms with E-state index in [0.717, 1.165) is 31.0 Å². The van der Waals surface area contributed by atoms with Gasteiger partial charge in [0.1, 0.15) is 11.7 Å². The van der Waals surface area contributed by atoms with Crippen molar-refractivity contribution in [3.05, 3.63) is 54.1 Å². The van der Waals surface area contributed by atoms with Gasteiger partial charge in [-0.1, -0.05) is 30.3 Å². The van der Waals surface area contributed by atoms with Gasteiger partial charge < -0.3 is 9.47 Å². The summed E-state index contributed by atoms with van der Waals surface area (Å²) in [6, 6.07) is 9.86. The van der Waals surface area contributed by atoms with Crippen molar-refractivity contribution in [3.8, 4) is 0 Å². The Balaban J connectivity index is 1.81. The van der Waals surface area contributed by atoms with Crippen LogP contribution in [0.3, 0.4) is 0 Å².